The third-order valence-corrected chi connectivity index (χ3v) is 4.06. The van der Waals surface area contributed by atoms with E-state index in [1.807, 2.05) is 0 Å². The van der Waals surface area contributed by atoms with Crippen molar-refractivity contribution in [3.8, 4) is 10.4 Å². The summed E-state index contributed by atoms with van der Waals surface area (Å²) in [4.78, 5) is 1.35. The van der Waals surface area contributed by atoms with Gasteiger partial charge >= 0.3 is 0 Å². The molecule has 0 aliphatic rings. The van der Waals surface area contributed by atoms with E-state index >= 15 is 0 Å². The van der Waals surface area contributed by atoms with Crippen LogP contribution in [0.1, 0.15) is 38.3 Å². The van der Waals surface area contributed by atoms with Crippen LogP contribution >= 0.6 is 11.3 Å². The fourth-order valence-electron chi connectivity index (χ4n) is 2.17. The standard InChI is InChI=1S/C16H21NS/c1-3-10-17-15(4-2)13-7-5-8-14(12-13)16-9-6-11-18-16/h5-9,11-12,15,17H,3-4,10H2,1-2H3. The molecule has 0 amide bonds. The van der Waals surface area contributed by atoms with Gasteiger partial charge in [0.2, 0.25) is 0 Å². The van der Waals surface area contributed by atoms with E-state index in [1.54, 1.807) is 11.3 Å². The third kappa shape index (κ3) is 3.21. The van der Waals surface area contributed by atoms with Crippen LogP contribution < -0.4 is 5.32 Å². The lowest BCUT2D eigenvalue weighted by atomic mass is 10.0. The Hall–Kier alpha value is -1.12. The highest BCUT2D eigenvalue weighted by Crippen LogP contribution is 2.27. The summed E-state index contributed by atoms with van der Waals surface area (Å²) < 4.78 is 0. The molecule has 1 unspecified atom stereocenters. The lowest BCUT2D eigenvalue weighted by Crippen LogP contribution is -2.21. The number of nitrogens with one attached hydrogen (secondary N) is 1. The van der Waals surface area contributed by atoms with Crippen LogP contribution in [-0.2, 0) is 0 Å². The Labute approximate surface area is 114 Å². The van der Waals surface area contributed by atoms with Crippen LogP contribution in [0.2, 0.25) is 0 Å². The van der Waals surface area contributed by atoms with Crippen LogP contribution in [0.5, 0.6) is 0 Å². The van der Waals surface area contributed by atoms with E-state index in [9.17, 15) is 0 Å². The maximum Gasteiger partial charge on any atom is 0.0342 e. The largest absolute Gasteiger partial charge is 0.310 e. The second-order valence-corrected chi connectivity index (χ2v) is 5.47. The van der Waals surface area contributed by atoms with Gasteiger partial charge in [0.1, 0.15) is 0 Å². The first kappa shape index (κ1) is 13.3. The Morgan fingerprint density at radius 1 is 1.17 bits per heavy atom. The molecule has 1 aromatic heterocycles. The molecule has 1 nitrogen and oxygen atoms in total. The Morgan fingerprint density at radius 2 is 2.06 bits per heavy atom. The van der Waals surface area contributed by atoms with Gasteiger partial charge in [-0.2, -0.15) is 0 Å². The highest BCUT2D eigenvalue weighted by Gasteiger charge is 2.09. The van der Waals surface area contributed by atoms with Crippen molar-refractivity contribution in [2.24, 2.45) is 0 Å². The summed E-state index contributed by atoms with van der Waals surface area (Å²) in [5.74, 6) is 0. The Bertz CT molecular complexity index is 462. The van der Waals surface area contributed by atoms with E-state index in [0.717, 1.165) is 13.0 Å². The zero-order chi connectivity index (χ0) is 12.8. The van der Waals surface area contributed by atoms with Crippen molar-refractivity contribution in [3.05, 3.63) is 47.3 Å². The summed E-state index contributed by atoms with van der Waals surface area (Å²) in [6, 6.07) is 13.7. The number of hydrogen-bond acceptors (Lipinski definition) is 2. The number of thiophene rings is 1. The quantitative estimate of drug-likeness (QED) is 0.780. The zero-order valence-corrected chi connectivity index (χ0v) is 12.0. The maximum absolute atomic E-state index is 3.61. The van der Waals surface area contributed by atoms with E-state index in [-0.39, 0.29) is 0 Å². The van der Waals surface area contributed by atoms with Crippen LogP contribution in [0.15, 0.2) is 41.8 Å². The first-order valence-electron chi connectivity index (χ1n) is 6.72. The number of hydrogen-bond donors (Lipinski definition) is 1. The van der Waals surface area contributed by atoms with Crippen LogP contribution in [0.3, 0.4) is 0 Å². The minimum Gasteiger partial charge on any atom is -0.310 e. The average Bonchev–Trinajstić information content (AvgIpc) is 2.94. The Balaban J connectivity index is 2.20. The molecule has 1 heterocycles. The molecule has 0 aliphatic heterocycles. The fourth-order valence-corrected chi connectivity index (χ4v) is 2.89. The molecule has 96 valence electrons. The SMILES string of the molecule is CCCNC(CC)c1cccc(-c2cccs2)c1. The van der Waals surface area contributed by atoms with E-state index < -0.39 is 0 Å². The predicted octanol–water partition coefficient (Wildman–Crippen LogP) is 4.87. The van der Waals surface area contributed by atoms with Gasteiger partial charge in [-0.25, -0.2) is 0 Å². The summed E-state index contributed by atoms with van der Waals surface area (Å²) in [5, 5.41) is 5.74. The van der Waals surface area contributed by atoms with Gasteiger partial charge in [-0.05, 0) is 48.0 Å². The molecule has 0 fully saturated rings. The van der Waals surface area contributed by atoms with Crippen molar-refractivity contribution >= 4 is 11.3 Å². The molecule has 1 N–H and O–H groups in total. The maximum atomic E-state index is 3.61. The van der Waals surface area contributed by atoms with Crippen LogP contribution in [0, 0.1) is 0 Å². The van der Waals surface area contributed by atoms with Crippen LogP contribution in [0.25, 0.3) is 10.4 Å². The smallest absolute Gasteiger partial charge is 0.0342 e. The van der Waals surface area contributed by atoms with E-state index in [1.165, 1.54) is 22.4 Å². The highest BCUT2D eigenvalue weighted by atomic mass is 32.1. The van der Waals surface area contributed by atoms with Crippen molar-refractivity contribution in [3.63, 3.8) is 0 Å². The molecule has 0 spiro atoms. The molecule has 18 heavy (non-hydrogen) atoms. The molecule has 0 saturated carbocycles. The Morgan fingerprint density at radius 3 is 2.72 bits per heavy atom. The van der Waals surface area contributed by atoms with Gasteiger partial charge in [-0.1, -0.05) is 38.1 Å². The van der Waals surface area contributed by atoms with Crippen molar-refractivity contribution in [1.29, 1.82) is 0 Å². The molecular weight excluding hydrogens is 238 g/mol. The normalized spacial score (nSPS) is 12.6. The molecule has 0 radical (unpaired) electrons. The minimum absolute atomic E-state index is 0.477. The molecular formula is C16H21NS. The molecule has 1 aromatic carbocycles. The minimum atomic E-state index is 0.477. The predicted molar refractivity (Wildman–Crippen MR) is 81.1 cm³/mol. The molecule has 2 rings (SSSR count). The van der Waals surface area contributed by atoms with Gasteiger partial charge in [-0.3, -0.25) is 0 Å². The highest BCUT2D eigenvalue weighted by molar-refractivity contribution is 7.13. The van der Waals surface area contributed by atoms with Crippen molar-refractivity contribution in [2.45, 2.75) is 32.7 Å². The molecule has 2 heteroatoms. The van der Waals surface area contributed by atoms with Crippen LogP contribution in [-0.4, -0.2) is 6.54 Å². The van der Waals surface area contributed by atoms with Crippen molar-refractivity contribution < 1.29 is 0 Å². The van der Waals surface area contributed by atoms with Gasteiger partial charge in [0.05, 0.1) is 0 Å². The van der Waals surface area contributed by atoms with E-state index in [4.69, 9.17) is 0 Å². The molecule has 0 bridgehead atoms. The van der Waals surface area contributed by atoms with Gasteiger partial charge in [-0.15, -0.1) is 11.3 Å². The zero-order valence-electron chi connectivity index (χ0n) is 11.1. The molecule has 0 saturated heterocycles. The molecule has 2 aromatic rings. The summed E-state index contributed by atoms with van der Waals surface area (Å²) in [6.07, 6.45) is 2.31. The molecule has 0 aliphatic carbocycles. The summed E-state index contributed by atoms with van der Waals surface area (Å²) in [7, 11) is 0. The van der Waals surface area contributed by atoms with Crippen molar-refractivity contribution in [1.82, 2.24) is 5.32 Å². The lowest BCUT2D eigenvalue weighted by Gasteiger charge is -2.17. The lowest BCUT2D eigenvalue weighted by molar-refractivity contribution is 0.518. The van der Waals surface area contributed by atoms with Gasteiger partial charge in [0.15, 0.2) is 0 Å². The topological polar surface area (TPSA) is 12.0 Å². The average molecular weight is 259 g/mol. The third-order valence-electron chi connectivity index (χ3n) is 3.14. The van der Waals surface area contributed by atoms with Gasteiger partial charge in [0.25, 0.3) is 0 Å². The van der Waals surface area contributed by atoms with Crippen molar-refractivity contribution in [2.75, 3.05) is 6.54 Å². The monoisotopic (exact) mass is 259 g/mol. The second kappa shape index (κ2) is 6.72. The Kier molecular flexibility index (Phi) is 4.97. The fraction of sp³-hybridized carbons (Fsp3) is 0.375. The first-order valence-corrected chi connectivity index (χ1v) is 7.60. The second-order valence-electron chi connectivity index (χ2n) is 4.52. The summed E-state index contributed by atoms with van der Waals surface area (Å²) >= 11 is 1.80. The number of rotatable bonds is 6. The number of benzene rings is 1. The summed E-state index contributed by atoms with van der Waals surface area (Å²) in [5.41, 5.74) is 2.73. The van der Waals surface area contributed by atoms with Gasteiger partial charge in [0, 0.05) is 10.9 Å². The van der Waals surface area contributed by atoms with E-state index in [0.29, 0.717) is 6.04 Å². The van der Waals surface area contributed by atoms with E-state index in [2.05, 4.69) is 60.9 Å². The van der Waals surface area contributed by atoms with Gasteiger partial charge < -0.3 is 5.32 Å². The summed E-state index contributed by atoms with van der Waals surface area (Å²) in [6.45, 7) is 5.54. The van der Waals surface area contributed by atoms with Crippen LogP contribution in [0.4, 0.5) is 0 Å². The molecule has 1 atom stereocenters. The first-order chi connectivity index (χ1) is 8.85.